The Kier molecular flexibility index (Phi) is 4.65. The van der Waals surface area contributed by atoms with Gasteiger partial charge in [-0.2, -0.15) is 5.26 Å². The molecule has 2 N–H and O–H groups in total. The van der Waals surface area contributed by atoms with Gasteiger partial charge in [-0.05, 0) is 0 Å². The first-order valence-corrected chi connectivity index (χ1v) is 3.34. The second kappa shape index (κ2) is 5.27. The van der Waals surface area contributed by atoms with Crippen LogP contribution < -0.4 is 0 Å². The largest absolute Gasteiger partial charge is 0.481 e. The third-order valence-corrected chi connectivity index (χ3v) is 1.15. The van der Waals surface area contributed by atoms with Gasteiger partial charge in [0.15, 0.2) is 0 Å². The van der Waals surface area contributed by atoms with Gasteiger partial charge in [-0.25, -0.2) is 0 Å². The van der Waals surface area contributed by atoms with Gasteiger partial charge in [0.2, 0.25) is 0 Å². The number of aliphatic carboxylic acids is 1. The van der Waals surface area contributed by atoms with Crippen LogP contribution >= 0.6 is 0 Å². The molecule has 0 saturated carbocycles. The summed E-state index contributed by atoms with van der Waals surface area (Å²) >= 11 is 0. The Morgan fingerprint density at radius 2 is 2.00 bits per heavy atom. The highest BCUT2D eigenvalue weighted by atomic mass is 16.4. The van der Waals surface area contributed by atoms with Crippen LogP contribution in [0.15, 0.2) is 0 Å². The van der Waals surface area contributed by atoms with Gasteiger partial charge in [0.05, 0.1) is 25.0 Å². The summed E-state index contributed by atoms with van der Waals surface area (Å²) in [6.07, 6.45) is -2.18. The lowest BCUT2D eigenvalue weighted by atomic mass is 10.1. The summed E-state index contributed by atoms with van der Waals surface area (Å²) < 4.78 is 0. The van der Waals surface area contributed by atoms with Crippen LogP contribution in [0.1, 0.15) is 19.3 Å². The normalized spacial score (nSPS) is 11.7. The molecule has 0 aromatic rings. The van der Waals surface area contributed by atoms with E-state index >= 15 is 0 Å². The van der Waals surface area contributed by atoms with Crippen LogP contribution in [0, 0.1) is 11.3 Å². The van der Waals surface area contributed by atoms with Crippen LogP contribution in [-0.4, -0.2) is 28.1 Å². The summed E-state index contributed by atoms with van der Waals surface area (Å²) in [5, 5.41) is 25.2. The summed E-state index contributed by atoms with van der Waals surface area (Å²) in [4.78, 5) is 20.7. The second-order valence-corrected chi connectivity index (χ2v) is 2.33. The molecular formula is C7H9NO4. The molecule has 5 nitrogen and oxygen atoms in total. The molecule has 0 aromatic heterocycles. The van der Waals surface area contributed by atoms with Crippen molar-refractivity contribution in [3.05, 3.63) is 0 Å². The number of aliphatic hydroxyl groups excluding tert-OH is 1. The molecule has 0 heterocycles. The van der Waals surface area contributed by atoms with Crippen LogP contribution in [0.4, 0.5) is 0 Å². The van der Waals surface area contributed by atoms with Crippen molar-refractivity contribution in [1.29, 1.82) is 5.26 Å². The molecule has 0 aliphatic rings. The number of carbonyl (C=O) groups is 2. The Morgan fingerprint density at radius 3 is 2.42 bits per heavy atom. The van der Waals surface area contributed by atoms with E-state index in [1.54, 1.807) is 6.07 Å². The molecule has 0 aromatic carbocycles. The van der Waals surface area contributed by atoms with Gasteiger partial charge in [0.1, 0.15) is 5.78 Å². The maximum atomic E-state index is 10.7. The zero-order valence-electron chi connectivity index (χ0n) is 6.36. The van der Waals surface area contributed by atoms with E-state index in [1.165, 1.54) is 0 Å². The standard InChI is InChI=1S/C7H9NO4/c8-2-1-5(9)3-6(10)4-7(11)12/h6,10H,1,3-4H2,(H,11,12). The number of ketones is 1. The lowest BCUT2D eigenvalue weighted by molar-refractivity contribution is -0.139. The Balaban J connectivity index is 3.70. The number of aliphatic hydroxyl groups is 1. The maximum absolute atomic E-state index is 10.7. The molecular weight excluding hydrogens is 162 g/mol. The molecule has 0 spiro atoms. The van der Waals surface area contributed by atoms with Gasteiger partial charge in [-0.3, -0.25) is 9.59 Å². The van der Waals surface area contributed by atoms with Crippen molar-refractivity contribution >= 4 is 11.8 Å². The monoisotopic (exact) mass is 171 g/mol. The Morgan fingerprint density at radius 1 is 1.42 bits per heavy atom. The fourth-order valence-corrected chi connectivity index (χ4v) is 0.697. The molecule has 66 valence electrons. The fraction of sp³-hybridized carbons (Fsp3) is 0.571. The van der Waals surface area contributed by atoms with Gasteiger partial charge in [-0.15, -0.1) is 0 Å². The predicted octanol–water partition coefficient (Wildman–Crippen LogP) is -0.305. The van der Waals surface area contributed by atoms with Crippen LogP contribution in [0.3, 0.4) is 0 Å². The molecule has 0 aliphatic heterocycles. The van der Waals surface area contributed by atoms with E-state index in [-0.39, 0.29) is 12.8 Å². The number of rotatable bonds is 5. The maximum Gasteiger partial charge on any atom is 0.305 e. The van der Waals surface area contributed by atoms with Crippen molar-refractivity contribution in [3.8, 4) is 6.07 Å². The minimum Gasteiger partial charge on any atom is -0.481 e. The van der Waals surface area contributed by atoms with Crippen molar-refractivity contribution in [2.45, 2.75) is 25.4 Å². The van der Waals surface area contributed by atoms with E-state index in [1.807, 2.05) is 0 Å². The predicted molar refractivity (Wildman–Crippen MR) is 38.1 cm³/mol. The zero-order valence-corrected chi connectivity index (χ0v) is 6.36. The molecule has 1 atom stereocenters. The smallest absolute Gasteiger partial charge is 0.305 e. The van der Waals surface area contributed by atoms with Crippen molar-refractivity contribution in [2.75, 3.05) is 0 Å². The van der Waals surface area contributed by atoms with Crippen LogP contribution in [0.5, 0.6) is 0 Å². The number of nitrogens with zero attached hydrogens (tertiary/aromatic N) is 1. The summed E-state index contributed by atoms with van der Waals surface area (Å²) in [7, 11) is 0. The summed E-state index contributed by atoms with van der Waals surface area (Å²) in [6, 6.07) is 1.62. The minimum absolute atomic E-state index is 0.264. The van der Waals surface area contributed by atoms with Crippen LogP contribution in [-0.2, 0) is 9.59 Å². The average molecular weight is 171 g/mol. The Bertz CT molecular complexity index is 218. The third-order valence-electron chi connectivity index (χ3n) is 1.15. The number of carboxylic acid groups (broad SMARTS) is 1. The van der Waals surface area contributed by atoms with Crippen molar-refractivity contribution in [2.24, 2.45) is 0 Å². The fourth-order valence-electron chi connectivity index (χ4n) is 0.697. The molecule has 1 unspecified atom stereocenters. The molecule has 0 aliphatic carbocycles. The average Bonchev–Trinajstić information content (AvgIpc) is 1.84. The highest BCUT2D eigenvalue weighted by Gasteiger charge is 2.13. The van der Waals surface area contributed by atoms with Gasteiger partial charge in [0.25, 0.3) is 0 Å². The van der Waals surface area contributed by atoms with Crippen molar-refractivity contribution in [3.63, 3.8) is 0 Å². The van der Waals surface area contributed by atoms with Crippen molar-refractivity contribution < 1.29 is 19.8 Å². The van der Waals surface area contributed by atoms with E-state index in [4.69, 9.17) is 15.5 Å². The molecule has 0 radical (unpaired) electrons. The lowest BCUT2D eigenvalue weighted by Gasteiger charge is -2.03. The Labute approximate surface area is 69.2 Å². The number of Topliss-reactive ketones (excluding diaryl/α,β-unsaturated/α-hetero) is 1. The number of nitriles is 1. The van der Waals surface area contributed by atoms with Crippen LogP contribution in [0.25, 0.3) is 0 Å². The summed E-state index contributed by atoms with van der Waals surface area (Å²) in [5.41, 5.74) is 0. The van der Waals surface area contributed by atoms with Gasteiger partial charge < -0.3 is 10.2 Å². The highest BCUT2D eigenvalue weighted by molar-refractivity contribution is 5.81. The first-order chi connectivity index (χ1) is 5.56. The number of hydrogen-bond donors (Lipinski definition) is 2. The van der Waals surface area contributed by atoms with Crippen LogP contribution in [0.2, 0.25) is 0 Å². The lowest BCUT2D eigenvalue weighted by Crippen LogP contribution is -2.17. The highest BCUT2D eigenvalue weighted by Crippen LogP contribution is 2.00. The first-order valence-electron chi connectivity index (χ1n) is 3.34. The molecule has 0 amide bonds. The van der Waals surface area contributed by atoms with Crippen molar-refractivity contribution in [1.82, 2.24) is 0 Å². The summed E-state index contributed by atoms with van der Waals surface area (Å²) in [6.45, 7) is 0. The molecule has 0 bridgehead atoms. The second-order valence-electron chi connectivity index (χ2n) is 2.33. The molecule has 12 heavy (non-hydrogen) atoms. The van der Waals surface area contributed by atoms with Gasteiger partial charge in [-0.1, -0.05) is 0 Å². The SMILES string of the molecule is N#CCC(=O)CC(O)CC(=O)O. The topological polar surface area (TPSA) is 98.4 Å². The van der Waals surface area contributed by atoms with E-state index in [0.29, 0.717) is 0 Å². The zero-order chi connectivity index (χ0) is 9.56. The molecule has 0 rings (SSSR count). The number of carboxylic acids is 1. The first kappa shape index (κ1) is 10.6. The molecule has 0 saturated heterocycles. The van der Waals surface area contributed by atoms with E-state index in [9.17, 15) is 9.59 Å². The minimum atomic E-state index is -1.18. The van der Waals surface area contributed by atoms with E-state index in [0.717, 1.165) is 0 Å². The Hall–Kier alpha value is -1.41. The molecule has 5 heteroatoms. The van der Waals surface area contributed by atoms with E-state index in [2.05, 4.69) is 0 Å². The summed E-state index contributed by atoms with van der Waals surface area (Å²) in [5.74, 6) is -1.60. The van der Waals surface area contributed by atoms with E-state index < -0.39 is 24.3 Å². The molecule has 0 fully saturated rings. The van der Waals surface area contributed by atoms with Gasteiger partial charge in [0, 0.05) is 6.42 Å². The van der Waals surface area contributed by atoms with Gasteiger partial charge >= 0.3 is 5.97 Å². The quantitative estimate of drug-likeness (QED) is 0.591. The third kappa shape index (κ3) is 5.38. The number of carbonyl (C=O) groups excluding carboxylic acids is 1. The number of hydrogen-bond acceptors (Lipinski definition) is 4.